The number of hydrogen-bond donors (Lipinski definition) is 0. The maximum atomic E-state index is 7.19. The molecular weight excluding hydrogens is 942 g/mol. The molecule has 4 nitrogen and oxygen atoms in total. The van der Waals surface area contributed by atoms with E-state index in [1.54, 1.807) is 0 Å². The smallest absolute Gasteiger partial charge is 0.0436 e. The maximum absolute atomic E-state index is 7.19. The van der Waals surface area contributed by atoms with Gasteiger partial charge in [0.1, 0.15) is 0 Å². The number of nitrogens with zero attached hydrogens (tertiary/aromatic N) is 4. The number of imidazole rings is 1. The molecular formula is C41H32Au2N4-4. The van der Waals surface area contributed by atoms with Gasteiger partial charge >= 0.3 is 0 Å². The van der Waals surface area contributed by atoms with Crippen molar-refractivity contribution in [3.8, 4) is 11.8 Å². The number of aromatic nitrogens is 2. The Morgan fingerprint density at radius 3 is 2.45 bits per heavy atom. The molecule has 3 aliphatic carbocycles. The fourth-order valence-electron chi connectivity index (χ4n) is 5.86. The Hall–Kier alpha value is -4.10. The van der Waals surface area contributed by atoms with Crippen molar-refractivity contribution in [2.75, 3.05) is 13.1 Å². The van der Waals surface area contributed by atoms with E-state index in [0.29, 0.717) is 5.57 Å². The summed E-state index contributed by atoms with van der Waals surface area (Å²) in [4.78, 5) is 10.3. The van der Waals surface area contributed by atoms with Crippen LogP contribution >= 0.6 is 0 Å². The molecule has 2 radical (unpaired) electrons. The number of aliphatic imine (C=N–C) groups is 1. The van der Waals surface area contributed by atoms with Crippen LogP contribution in [-0.4, -0.2) is 33.9 Å². The first-order chi connectivity index (χ1) is 22.1. The molecule has 0 fully saturated rings. The van der Waals surface area contributed by atoms with Crippen LogP contribution in [0.3, 0.4) is 0 Å². The Labute approximate surface area is 309 Å². The van der Waals surface area contributed by atoms with E-state index in [9.17, 15) is 0 Å². The number of fused-ring (bicyclic) bond motifs is 4. The normalized spacial score (nSPS) is 14.9. The largest absolute Gasteiger partial charge is 0.521 e. The van der Waals surface area contributed by atoms with Crippen molar-refractivity contribution < 1.29 is 44.8 Å². The topological polar surface area (TPSA) is 33.4 Å². The molecule has 0 N–H and O–H groups in total. The quantitative estimate of drug-likeness (QED) is 0.0913. The van der Waals surface area contributed by atoms with Crippen molar-refractivity contribution >= 4 is 29.0 Å². The van der Waals surface area contributed by atoms with E-state index in [-0.39, 0.29) is 44.8 Å². The van der Waals surface area contributed by atoms with Gasteiger partial charge in [-0.05, 0) is 52.7 Å². The monoisotopic (exact) mass is 974 g/mol. The molecule has 0 saturated heterocycles. The van der Waals surface area contributed by atoms with Crippen molar-refractivity contribution in [2.45, 2.75) is 32.4 Å². The summed E-state index contributed by atoms with van der Waals surface area (Å²) in [5.74, 6) is 4.78. The predicted octanol–water partition coefficient (Wildman–Crippen LogP) is 7.64. The number of hydrogen-bond acceptors (Lipinski definition) is 3. The summed E-state index contributed by atoms with van der Waals surface area (Å²) in [6.45, 7) is 6.17. The van der Waals surface area contributed by atoms with Crippen molar-refractivity contribution in [3.63, 3.8) is 0 Å². The van der Waals surface area contributed by atoms with Gasteiger partial charge in [-0.2, -0.15) is 6.58 Å². The minimum absolute atomic E-state index is 0. The molecule has 8 rings (SSSR count). The summed E-state index contributed by atoms with van der Waals surface area (Å²) in [6, 6.07) is 25.0. The van der Waals surface area contributed by atoms with Gasteiger partial charge in [0.25, 0.3) is 0 Å². The second-order valence-electron chi connectivity index (χ2n) is 11.2. The molecule has 1 aliphatic heterocycles. The fourth-order valence-corrected chi connectivity index (χ4v) is 5.86. The first kappa shape index (κ1) is 35.7. The summed E-state index contributed by atoms with van der Waals surface area (Å²) >= 11 is 0. The molecule has 0 spiro atoms. The van der Waals surface area contributed by atoms with Gasteiger partial charge in [0, 0.05) is 70.8 Å². The van der Waals surface area contributed by atoms with Crippen LogP contribution in [0.25, 0.3) is 22.7 Å². The molecule has 0 bridgehead atoms. The van der Waals surface area contributed by atoms with Gasteiger partial charge in [0.05, 0.1) is 0 Å². The molecule has 0 atom stereocenters. The molecule has 6 heteroatoms. The Kier molecular flexibility index (Phi) is 13.1. The number of allylic oxidation sites excluding steroid dienone is 8. The molecule has 1 aromatic heterocycles. The molecule has 47 heavy (non-hydrogen) atoms. The van der Waals surface area contributed by atoms with Gasteiger partial charge in [-0.25, -0.2) is 0 Å². The molecule has 3 aromatic carbocycles. The van der Waals surface area contributed by atoms with Gasteiger partial charge in [-0.3, -0.25) is 18.2 Å². The minimum atomic E-state index is 0. The van der Waals surface area contributed by atoms with Gasteiger partial charge in [0.15, 0.2) is 0 Å². The van der Waals surface area contributed by atoms with Crippen LogP contribution in [0.4, 0.5) is 0 Å². The number of benzene rings is 3. The summed E-state index contributed by atoms with van der Waals surface area (Å²) in [7, 11) is 0. The summed E-state index contributed by atoms with van der Waals surface area (Å²) in [5.41, 5.74) is 13.3. The third-order valence-corrected chi connectivity index (χ3v) is 8.19. The molecule has 0 amide bonds. The van der Waals surface area contributed by atoms with Gasteiger partial charge in [-0.1, -0.05) is 95.8 Å². The Morgan fingerprint density at radius 1 is 0.915 bits per heavy atom. The van der Waals surface area contributed by atoms with Crippen molar-refractivity contribution in [1.29, 1.82) is 0 Å². The van der Waals surface area contributed by atoms with Crippen molar-refractivity contribution in [3.05, 3.63) is 161 Å². The van der Waals surface area contributed by atoms with E-state index in [2.05, 4.69) is 95.7 Å². The average Bonchev–Trinajstić information content (AvgIpc) is 3.90. The van der Waals surface area contributed by atoms with E-state index >= 15 is 0 Å². The summed E-state index contributed by atoms with van der Waals surface area (Å²) in [5, 5.41) is 0. The van der Waals surface area contributed by atoms with Crippen molar-refractivity contribution in [2.24, 2.45) is 4.99 Å². The Balaban J connectivity index is 0.000000156. The zero-order chi connectivity index (χ0) is 31.0. The van der Waals surface area contributed by atoms with Gasteiger partial charge < -0.3 is 32.3 Å². The average molecular weight is 975 g/mol. The van der Waals surface area contributed by atoms with Crippen LogP contribution in [0, 0.1) is 31.0 Å². The van der Waals surface area contributed by atoms with Crippen LogP contribution in [-0.2, 0) is 64.3 Å². The SMILES string of the molecule is [Au].[Au].[C-]#CC(=C)/C=C\C1=Cc2ccccc2C1.[C-]#CC1=CC2=C(CC1)Cc1ccccc12.[C-]1=NCCN1Cn1[c-]nc2ccccc21. The maximum Gasteiger partial charge on any atom is 0.0436 e. The fraction of sp³-hybridized carbons (Fsp3) is 0.171. The molecule has 2 heterocycles. The zero-order valence-electron chi connectivity index (χ0n) is 25.8. The first-order valence-electron chi connectivity index (χ1n) is 15.1. The second-order valence-corrected chi connectivity index (χ2v) is 11.2. The minimum Gasteiger partial charge on any atom is -0.521 e. The van der Waals surface area contributed by atoms with E-state index in [1.165, 1.54) is 39.0 Å². The van der Waals surface area contributed by atoms with Crippen LogP contribution in [0.5, 0.6) is 0 Å². The van der Waals surface area contributed by atoms with Crippen molar-refractivity contribution in [1.82, 2.24) is 14.5 Å². The third-order valence-electron chi connectivity index (χ3n) is 8.19. The molecule has 0 unspecified atom stereocenters. The molecule has 0 saturated carbocycles. The van der Waals surface area contributed by atoms with E-state index in [0.717, 1.165) is 62.0 Å². The summed E-state index contributed by atoms with van der Waals surface area (Å²) < 4.78 is 1.99. The van der Waals surface area contributed by atoms with Gasteiger partial charge in [0.2, 0.25) is 0 Å². The van der Waals surface area contributed by atoms with Gasteiger partial charge in [-0.15, -0.1) is 35.4 Å². The predicted molar refractivity (Wildman–Crippen MR) is 183 cm³/mol. The number of rotatable bonds is 4. The molecule has 4 aromatic rings. The summed E-state index contributed by atoms with van der Waals surface area (Å²) in [6.07, 6.45) is 32.3. The molecule has 242 valence electrons. The van der Waals surface area contributed by atoms with E-state index in [4.69, 9.17) is 12.8 Å². The van der Waals surface area contributed by atoms with Crippen LogP contribution in [0.15, 0.2) is 125 Å². The second kappa shape index (κ2) is 17.2. The van der Waals surface area contributed by atoms with Crippen LogP contribution < -0.4 is 0 Å². The standard InChI is InChI=1S/2C15H11.C11H10N4.2Au/c1-2-11-7-8-13-10-12-5-3-4-6-14(12)15(13)9-11;1-3-12(2)8-9-13-10-14-6-4-5-7-15(14)11-13;1-2-4-11-10(3-1)13-8-15(11)9-14-6-5-12-7-14;;/h3-6,9H,7-8,10H2;4-10H,2,11H2;1-4H,5-6,9H2;;/q2*-1;-2;;/b;9-8-;;;. The van der Waals surface area contributed by atoms with E-state index < -0.39 is 0 Å². The third kappa shape index (κ3) is 8.83. The zero-order valence-corrected chi connectivity index (χ0v) is 30.1. The first-order valence-corrected chi connectivity index (χ1v) is 15.1. The van der Waals surface area contributed by atoms with Crippen LogP contribution in [0.2, 0.25) is 0 Å². The Morgan fingerprint density at radius 2 is 1.68 bits per heavy atom. The number of para-hydroxylation sites is 2. The van der Waals surface area contributed by atoms with Crippen LogP contribution in [0.1, 0.15) is 35.1 Å². The van der Waals surface area contributed by atoms with E-state index in [1.807, 2.05) is 52.0 Å². The molecule has 4 aliphatic rings. The Bertz CT molecular complexity index is 1990.